The van der Waals surface area contributed by atoms with Crippen LogP contribution in [-0.4, -0.2) is 19.5 Å². The molecule has 0 fully saturated rings. The van der Waals surface area contributed by atoms with Gasteiger partial charge < -0.3 is 9.55 Å². The topological polar surface area (TPSA) is 46.5 Å². The molecule has 230 valence electrons. The lowest BCUT2D eigenvalue weighted by atomic mass is 9.83. The fourth-order valence-corrected chi connectivity index (χ4v) is 6.88. The van der Waals surface area contributed by atoms with Gasteiger partial charge in [-0.15, -0.1) is 0 Å². The highest BCUT2D eigenvalue weighted by Gasteiger charge is 2.22. The van der Waals surface area contributed by atoms with Crippen molar-refractivity contribution in [2.45, 2.75) is 46.1 Å². The standard InChI is InChI=1S/C43H38N4/c1-27(2)47-39-20-12-16-33(41(39)46-42(47)36-18-11-17-35-34-15-9-10-19-37(34)45-40(35)36)30-23-31(25-32(24-30)43(3,4)5)38-26-29(21-22-44-38)28-13-7-6-8-14-28/h6-27,45H,1-5H3. The maximum absolute atomic E-state index is 5.48. The third-order valence-electron chi connectivity index (χ3n) is 9.29. The van der Waals surface area contributed by atoms with Crippen LogP contribution in [-0.2, 0) is 5.41 Å². The molecule has 0 amide bonds. The summed E-state index contributed by atoms with van der Waals surface area (Å²) in [6.45, 7) is 11.3. The Morgan fingerprint density at radius 2 is 1.36 bits per heavy atom. The number of rotatable bonds is 5. The maximum atomic E-state index is 5.48. The van der Waals surface area contributed by atoms with E-state index >= 15 is 0 Å². The summed E-state index contributed by atoms with van der Waals surface area (Å²) >= 11 is 0. The van der Waals surface area contributed by atoms with E-state index in [1.807, 2.05) is 6.20 Å². The number of hydrogen-bond acceptors (Lipinski definition) is 2. The first-order chi connectivity index (χ1) is 22.8. The number of imidazole rings is 1. The molecule has 3 heterocycles. The van der Waals surface area contributed by atoms with Gasteiger partial charge in [-0.25, -0.2) is 4.98 Å². The van der Waals surface area contributed by atoms with Crippen LogP contribution in [0.3, 0.4) is 0 Å². The van der Waals surface area contributed by atoms with E-state index in [-0.39, 0.29) is 11.5 Å². The second-order valence-electron chi connectivity index (χ2n) is 13.8. The molecule has 0 radical (unpaired) electrons. The highest BCUT2D eigenvalue weighted by molar-refractivity contribution is 6.12. The summed E-state index contributed by atoms with van der Waals surface area (Å²) in [7, 11) is 0. The smallest absolute Gasteiger partial charge is 0.143 e. The Kier molecular flexibility index (Phi) is 6.84. The average Bonchev–Trinajstić information content (AvgIpc) is 3.67. The van der Waals surface area contributed by atoms with E-state index in [0.717, 1.165) is 61.4 Å². The zero-order chi connectivity index (χ0) is 32.3. The molecule has 0 aliphatic carbocycles. The molecule has 4 heteroatoms. The lowest BCUT2D eigenvalue weighted by Gasteiger charge is -2.22. The lowest BCUT2D eigenvalue weighted by molar-refractivity contribution is 0.590. The molecule has 0 saturated heterocycles. The number of aromatic nitrogens is 4. The molecule has 0 unspecified atom stereocenters. The molecule has 1 N–H and O–H groups in total. The summed E-state index contributed by atoms with van der Waals surface area (Å²) in [5.74, 6) is 0.976. The highest BCUT2D eigenvalue weighted by Crippen LogP contribution is 2.40. The van der Waals surface area contributed by atoms with Crippen LogP contribution in [0.15, 0.2) is 128 Å². The first-order valence-corrected chi connectivity index (χ1v) is 16.4. The van der Waals surface area contributed by atoms with Crippen molar-refractivity contribution in [1.29, 1.82) is 0 Å². The quantitative estimate of drug-likeness (QED) is 0.211. The summed E-state index contributed by atoms with van der Waals surface area (Å²) in [6, 6.07) is 43.6. The van der Waals surface area contributed by atoms with E-state index in [1.165, 1.54) is 21.9 Å². The second-order valence-corrected chi connectivity index (χ2v) is 13.8. The van der Waals surface area contributed by atoms with E-state index < -0.39 is 0 Å². The van der Waals surface area contributed by atoms with Crippen molar-refractivity contribution >= 4 is 32.8 Å². The second kappa shape index (κ2) is 11.1. The number of aromatic amines is 1. The number of fused-ring (bicyclic) bond motifs is 4. The van der Waals surface area contributed by atoms with Crippen molar-refractivity contribution in [3.63, 3.8) is 0 Å². The molecule has 0 bridgehead atoms. The number of hydrogen-bond donors (Lipinski definition) is 1. The van der Waals surface area contributed by atoms with Crippen LogP contribution in [0.4, 0.5) is 0 Å². The Morgan fingerprint density at radius 3 is 2.17 bits per heavy atom. The monoisotopic (exact) mass is 610 g/mol. The molecule has 5 aromatic carbocycles. The van der Waals surface area contributed by atoms with Gasteiger partial charge in [0.15, 0.2) is 0 Å². The molecule has 0 atom stereocenters. The minimum Gasteiger partial charge on any atom is -0.354 e. The predicted molar refractivity (Wildman–Crippen MR) is 198 cm³/mol. The van der Waals surface area contributed by atoms with Crippen LogP contribution in [0.5, 0.6) is 0 Å². The summed E-state index contributed by atoms with van der Waals surface area (Å²) in [5, 5.41) is 2.45. The van der Waals surface area contributed by atoms with Gasteiger partial charge in [0.05, 0.1) is 22.2 Å². The molecule has 4 nitrogen and oxygen atoms in total. The Balaban J connectivity index is 1.34. The minimum absolute atomic E-state index is 0.0522. The van der Waals surface area contributed by atoms with Crippen molar-refractivity contribution in [3.05, 3.63) is 133 Å². The van der Waals surface area contributed by atoms with Crippen LogP contribution >= 0.6 is 0 Å². The fraction of sp³-hybridized carbons (Fsp3) is 0.163. The van der Waals surface area contributed by atoms with Gasteiger partial charge in [0.25, 0.3) is 0 Å². The lowest BCUT2D eigenvalue weighted by Crippen LogP contribution is -2.11. The van der Waals surface area contributed by atoms with Crippen molar-refractivity contribution < 1.29 is 0 Å². The van der Waals surface area contributed by atoms with Crippen LogP contribution in [0.2, 0.25) is 0 Å². The van der Waals surface area contributed by atoms with Crippen LogP contribution in [0.25, 0.3) is 77.7 Å². The van der Waals surface area contributed by atoms with Crippen molar-refractivity contribution in [1.82, 2.24) is 19.5 Å². The van der Waals surface area contributed by atoms with Gasteiger partial charge in [-0.1, -0.05) is 99.6 Å². The van der Waals surface area contributed by atoms with E-state index in [9.17, 15) is 0 Å². The number of H-pyrrole nitrogens is 1. The Hall–Kier alpha value is -5.48. The van der Waals surface area contributed by atoms with Crippen molar-refractivity contribution in [3.8, 4) is 44.9 Å². The van der Waals surface area contributed by atoms with E-state index in [1.54, 1.807) is 0 Å². The summed E-state index contributed by atoms with van der Waals surface area (Å²) < 4.78 is 2.39. The largest absolute Gasteiger partial charge is 0.354 e. The number of nitrogens with one attached hydrogen (secondary N) is 1. The minimum atomic E-state index is -0.0522. The normalized spacial score (nSPS) is 12.1. The van der Waals surface area contributed by atoms with Crippen LogP contribution < -0.4 is 0 Å². The van der Waals surface area contributed by atoms with Gasteiger partial charge in [0.1, 0.15) is 5.82 Å². The molecule has 0 saturated carbocycles. The number of pyridine rings is 1. The molecule has 8 aromatic rings. The SMILES string of the molecule is CC(C)n1c(-c2cccc3c2[nH]c2ccccc23)nc2c(-c3cc(-c4cc(-c5ccccc5)ccn4)cc(C(C)(C)C)c3)cccc21. The Labute approximate surface area is 275 Å². The summed E-state index contributed by atoms with van der Waals surface area (Å²) in [6.07, 6.45) is 1.92. The maximum Gasteiger partial charge on any atom is 0.143 e. The summed E-state index contributed by atoms with van der Waals surface area (Å²) in [5.41, 5.74) is 13.4. The van der Waals surface area contributed by atoms with Crippen LogP contribution in [0.1, 0.15) is 46.2 Å². The summed E-state index contributed by atoms with van der Waals surface area (Å²) in [4.78, 5) is 14.0. The average molecular weight is 611 g/mol. The molecule has 0 spiro atoms. The zero-order valence-electron chi connectivity index (χ0n) is 27.5. The highest BCUT2D eigenvalue weighted by atomic mass is 15.1. The van der Waals surface area contributed by atoms with Gasteiger partial charge in [-0.05, 0) is 84.0 Å². The Morgan fingerprint density at radius 1 is 0.638 bits per heavy atom. The molecular weight excluding hydrogens is 573 g/mol. The number of para-hydroxylation sites is 3. The first kappa shape index (κ1) is 29.0. The molecule has 0 aliphatic heterocycles. The van der Waals surface area contributed by atoms with Gasteiger partial charge in [0, 0.05) is 45.2 Å². The molecular formula is C43H38N4. The molecule has 3 aromatic heterocycles. The van der Waals surface area contributed by atoms with Gasteiger partial charge in [-0.2, -0.15) is 0 Å². The van der Waals surface area contributed by atoms with Gasteiger partial charge >= 0.3 is 0 Å². The molecule has 47 heavy (non-hydrogen) atoms. The van der Waals surface area contributed by atoms with E-state index in [2.05, 4.69) is 165 Å². The first-order valence-electron chi connectivity index (χ1n) is 16.4. The van der Waals surface area contributed by atoms with Gasteiger partial charge in [-0.3, -0.25) is 4.98 Å². The Bertz CT molecular complexity index is 2420. The third-order valence-corrected chi connectivity index (χ3v) is 9.29. The van der Waals surface area contributed by atoms with Crippen LogP contribution in [0, 0.1) is 0 Å². The number of benzene rings is 5. The van der Waals surface area contributed by atoms with E-state index in [0.29, 0.717) is 0 Å². The van der Waals surface area contributed by atoms with Crippen molar-refractivity contribution in [2.24, 2.45) is 0 Å². The van der Waals surface area contributed by atoms with E-state index in [4.69, 9.17) is 9.97 Å². The van der Waals surface area contributed by atoms with Gasteiger partial charge in [0.2, 0.25) is 0 Å². The number of nitrogens with zero attached hydrogens (tertiary/aromatic N) is 3. The van der Waals surface area contributed by atoms with Crippen molar-refractivity contribution in [2.75, 3.05) is 0 Å². The zero-order valence-corrected chi connectivity index (χ0v) is 27.5. The predicted octanol–water partition coefficient (Wildman–Crippen LogP) is 11.6. The third kappa shape index (κ3) is 5.01. The molecule has 0 aliphatic rings. The fourth-order valence-electron chi connectivity index (χ4n) is 6.88. The molecule has 8 rings (SSSR count).